The molecule has 1 amide bonds. The topological polar surface area (TPSA) is 78.5 Å². The summed E-state index contributed by atoms with van der Waals surface area (Å²) < 4.78 is 43.4. The summed E-state index contributed by atoms with van der Waals surface area (Å²) in [6.45, 7) is 0.769. The van der Waals surface area contributed by atoms with E-state index in [-0.39, 0.29) is 30.5 Å². The maximum atomic E-state index is 12.7. The fraction of sp³-hybridized carbons (Fsp3) is 0.412. The van der Waals surface area contributed by atoms with Crippen molar-refractivity contribution in [3.63, 3.8) is 0 Å². The highest BCUT2D eigenvalue weighted by atomic mass is 19.4. The zero-order valence-corrected chi connectivity index (χ0v) is 13.8. The molecule has 0 aliphatic carbocycles. The Hall–Kier alpha value is -2.55. The number of amides is 1. The van der Waals surface area contributed by atoms with Gasteiger partial charge in [-0.2, -0.15) is 18.3 Å². The van der Waals surface area contributed by atoms with E-state index in [9.17, 15) is 23.1 Å². The number of likely N-dealkylation sites (tertiary alicyclic amines) is 1. The number of aliphatic hydroxyl groups excluding tert-OH is 1. The number of rotatable bonds is 4. The minimum atomic E-state index is -4.44. The van der Waals surface area contributed by atoms with Crippen molar-refractivity contribution in [3.8, 4) is 5.75 Å². The number of aromatic amines is 1. The Morgan fingerprint density at radius 1 is 1.38 bits per heavy atom. The number of hydrogen-bond donors (Lipinski definition) is 2. The Labute approximate surface area is 147 Å². The monoisotopic (exact) mass is 369 g/mol. The molecular weight excluding hydrogens is 351 g/mol. The molecule has 1 aromatic heterocycles. The summed E-state index contributed by atoms with van der Waals surface area (Å²) in [6.07, 6.45) is -3.58. The molecule has 1 aromatic carbocycles. The molecular formula is C17H18F3N3O3. The van der Waals surface area contributed by atoms with Gasteiger partial charge in [0.15, 0.2) is 5.69 Å². The second-order valence-electron chi connectivity index (χ2n) is 6.14. The first-order chi connectivity index (χ1) is 12.3. The summed E-state index contributed by atoms with van der Waals surface area (Å²) in [4.78, 5) is 13.9. The SMILES string of the molecule is O=C(c1cc(COc2cccc(C(F)(F)F)c2)[nH]n1)N1CCCC(O)C1. The van der Waals surface area contributed by atoms with E-state index in [0.717, 1.165) is 18.6 Å². The van der Waals surface area contributed by atoms with Gasteiger partial charge < -0.3 is 14.7 Å². The molecule has 9 heteroatoms. The van der Waals surface area contributed by atoms with Crippen LogP contribution in [-0.2, 0) is 12.8 Å². The molecule has 2 heterocycles. The first-order valence-corrected chi connectivity index (χ1v) is 8.14. The maximum Gasteiger partial charge on any atom is 0.416 e. The number of piperidine rings is 1. The van der Waals surface area contributed by atoms with Gasteiger partial charge in [0.2, 0.25) is 0 Å². The minimum Gasteiger partial charge on any atom is -0.487 e. The van der Waals surface area contributed by atoms with Gasteiger partial charge in [0.25, 0.3) is 5.91 Å². The molecule has 1 saturated heterocycles. The summed E-state index contributed by atoms with van der Waals surface area (Å²) in [6, 6.07) is 6.07. The third kappa shape index (κ3) is 4.34. The van der Waals surface area contributed by atoms with Crippen molar-refractivity contribution in [2.24, 2.45) is 0 Å². The molecule has 0 saturated carbocycles. The van der Waals surface area contributed by atoms with E-state index < -0.39 is 17.8 Å². The zero-order chi connectivity index (χ0) is 18.7. The summed E-state index contributed by atoms with van der Waals surface area (Å²) >= 11 is 0. The van der Waals surface area contributed by atoms with Crippen LogP contribution in [0, 0.1) is 0 Å². The normalized spacial score (nSPS) is 18.0. The van der Waals surface area contributed by atoms with E-state index in [4.69, 9.17) is 4.74 Å². The number of nitrogens with one attached hydrogen (secondary N) is 1. The largest absolute Gasteiger partial charge is 0.487 e. The van der Waals surface area contributed by atoms with Crippen molar-refractivity contribution in [1.82, 2.24) is 15.1 Å². The molecule has 1 atom stereocenters. The lowest BCUT2D eigenvalue weighted by molar-refractivity contribution is -0.137. The molecule has 1 aliphatic heterocycles. The minimum absolute atomic E-state index is 0.0514. The van der Waals surface area contributed by atoms with Crippen LogP contribution in [0.4, 0.5) is 13.2 Å². The fourth-order valence-corrected chi connectivity index (χ4v) is 2.77. The van der Waals surface area contributed by atoms with Gasteiger partial charge in [0.1, 0.15) is 12.4 Å². The van der Waals surface area contributed by atoms with E-state index in [1.165, 1.54) is 23.1 Å². The highest BCUT2D eigenvalue weighted by Crippen LogP contribution is 2.31. The highest BCUT2D eigenvalue weighted by Gasteiger charge is 2.30. The molecule has 26 heavy (non-hydrogen) atoms. The molecule has 0 bridgehead atoms. The van der Waals surface area contributed by atoms with Crippen LogP contribution in [0.3, 0.4) is 0 Å². The van der Waals surface area contributed by atoms with Gasteiger partial charge in [-0.15, -0.1) is 0 Å². The fourth-order valence-electron chi connectivity index (χ4n) is 2.77. The van der Waals surface area contributed by atoms with Gasteiger partial charge in [-0.25, -0.2) is 0 Å². The number of ether oxygens (including phenoxy) is 1. The molecule has 2 N–H and O–H groups in total. The van der Waals surface area contributed by atoms with Crippen LogP contribution in [0.15, 0.2) is 30.3 Å². The second kappa shape index (κ2) is 7.36. The van der Waals surface area contributed by atoms with Gasteiger partial charge in [0.05, 0.1) is 17.4 Å². The molecule has 1 aliphatic rings. The average molecular weight is 369 g/mol. The molecule has 6 nitrogen and oxygen atoms in total. The van der Waals surface area contributed by atoms with E-state index >= 15 is 0 Å². The predicted octanol–water partition coefficient (Wildman–Crippen LogP) is 2.60. The lowest BCUT2D eigenvalue weighted by Crippen LogP contribution is -2.42. The number of aliphatic hydroxyl groups is 1. The number of aromatic nitrogens is 2. The lowest BCUT2D eigenvalue weighted by Gasteiger charge is -2.29. The van der Waals surface area contributed by atoms with Crippen molar-refractivity contribution < 1.29 is 27.8 Å². The van der Waals surface area contributed by atoms with Crippen molar-refractivity contribution in [2.75, 3.05) is 13.1 Å². The third-order valence-electron chi connectivity index (χ3n) is 4.09. The molecule has 0 radical (unpaired) electrons. The van der Waals surface area contributed by atoms with Crippen LogP contribution in [0.5, 0.6) is 5.75 Å². The first-order valence-electron chi connectivity index (χ1n) is 8.14. The molecule has 2 aromatic rings. The van der Waals surface area contributed by atoms with E-state index in [2.05, 4.69) is 10.2 Å². The van der Waals surface area contributed by atoms with Crippen molar-refractivity contribution in [3.05, 3.63) is 47.3 Å². The van der Waals surface area contributed by atoms with Gasteiger partial charge in [0, 0.05) is 13.1 Å². The third-order valence-corrected chi connectivity index (χ3v) is 4.09. The number of H-pyrrole nitrogens is 1. The Balaban J connectivity index is 1.61. The van der Waals surface area contributed by atoms with Gasteiger partial charge in [-0.05, 0) is 37.1 Å². The van der Waals surface area contributed by atoms with Crippen LogP contribution in [0.2, 0.25) is 0 Å². The summed E-state index contributed by atoms with van der Waals surface area (Å²) in [7, 11) is 0. The predicted molar refractivity (Wildman–Crippen MR) is 85.5 cm³/mol. The van der Waals surface area contributed by atoms with E-state index in [1.807, 2.05) is 0 Å². The van der Waals surface area contributed by atoms with E-state index in [0.29, 0.717) is 18.7 Å². The quantitative estimate of drug-likeness (QED) is 0.868. The number of nitrogens with zero attached hydrogens (tertiary/aromatic N) is 2. The lowest BCUT2D eigenvalue weighted by atomic mass is 10.1. The number of alkyl halides is 3. The Kier molecular flexibility index (Phi) is 5.17. The number of carbonyl (C=O) groups excluding carboxylic acids is 1. The first kappa shape index (κ1) is 18.2. The second-order valence-corrected chi connectivity index (χ2v) is 6.14. The van der Waals surface area contributed by atoms with Gasteiger partial charge in [-0.1, -0.05) is 6.07 Å². The summed E-state index contributed by atoms with van der Waals surface area (Å²) in [5.74, 6) is -0.230. The van der Waals surface area contributed by atoms with Crippen LogP contribution in [0.25, 0.3) is 0 Å². The summed E-state index contributed by atoms with van der Waals surface area (Å²) in [5.41, 5.74) is -0.149. The number of benzene rings is 1. The Morgan fingerprint density at radius 3 is 2.92 bits per heavy atom. The highest BCUT2D eigenvalue weighted by molar-refractivity contribution is 5.92. The molecule has 1 unspecified atom stereocenters. The van der Waals surface area contributed by atoms with Crippen molar-refractivity contribution in [1.29, 1.82) is 0 Å². The van der Waals surface area contributed by atoms with Crippen molar-refractivity contribution >= 4 is 5.91 Å². The Bertz CT molecular complexity index is 776. The van der Waals surface area contributed by atoms with Gasteiger partial charge in [-0.3, -0.25) is 9.89 Å². The zero-order valence-electron chi connectivity index (χ0n) is 13.8. The number of carbonyl (C=O) groups is 1. The van der Waals surface area contributed by atoms with Crippen LogP contribution < -0.4 is 4.74 Å². The number of halogens is 3. The molecule has 140 valence electrons. The summed E-state index contributed by atoms with van der Waals surface area (Å²) in [5, 5.41) is 16.2. The van der Waals surface area contributed by atoms with Crippen LogP contribution in [-0.4, -0.2) is 45.3 Å². The van der Waals surface area contributed by atoms with Crippen LogP contribution in [0.1, 0.15) is 34.6 Å². The molecule has 3 rings (SSSR count). The molecule has 0 spiro atoms. The standard InChI is InChI=1S/C17H18F3N3O3/c18-17(19,20)11-3-1-5-14(7-11)26-10-12-8-15(22-21-12)16(25)23-6-2-4-13(24)9-23/h1,3,5,7-8,13,24H,2,4,6,9-10H2,(H,21,22). The van der Waals surface area contributed by atoms with E-state index in [1.54, 1.807) is 0 Å². The van der Waals surface area contributed by atoms with Crippen LogP contribution >= 0.6 is 0 Å². The average Bonchev–Trinajstić information content (AvgIpc) is 3.08. The molecule has 1 fully saturated rings. The number of hydrogen-bond acceptors (Lipinski definition) is 4. The van der Waals surface area contributed by atoms with Gasteiger partial charge >= 0.3 is 6.18 Å². The number of β-amino-alcohol motifs (C(OH)–C–C–N with tert-alkyl or cyclic N) is 1. The van der Waals surface area contributed by atoms with Crippen molar-refractivity contribution in [2.45, 2.75) is 31.7 Å². The maximum absolute atomic E-state index is 12.7. The smallest absolute Gasteiger partial charge is 0.416 e. The Morgan fingerprint density at radius 2 is 2.19 bits per heavy atom.